The van der Waals surface area contributed by atoms with Crippen molar-refractivity contribution in [2.75, 3.05) is 32.8 Å². The van der Waals surface area contributed by atoms with E-state index in [0.717, 1.165) is 43.9 Å². The van der Waals surface area contributed by atoms with Crippen molar-refractivity contribution in [3.05, 3.63) is 29.8 Å². The Bertz CT molecular complexity index is 410. The summed E-state index contributed by atoms with van der Waals surface area (Å²) < 4.78 is 5.79. The van der Waals surface area contributed by atoms with E-state index < -0.39 is 0 Å². The van der Waals surface area contributed by atoms with Crippen molar-refractivity contribution in [1.29, 1.82) is 0 Å². The number of aliphatic hydroxyl groups excluding tert-OH is 1. The summed E-state index contributed by atoms with van der Waals surface area (Å²) in [5, 5.41) is 9.04. The molecular weight excluding hydrogens is 264 g/mol. The van der Waals surface area contributed by atoms with E-state index in [2.05, 4.69) is 4.90 Å². The van der Waals surface area contributed by atoms with Crippen LogP contribution in [0.3, 0.4) is 0 Å². The van der Waals surface area contributed by atoms with Gasteiger partial charge in [-0.15, -0.1) is 0 Å². The summed E-state index contributed by atoms with van der Waals surface area (Å²) in [5.41, 5.74) is 6.74. The zero-order valence-electron chi connectivity index (χ0n) is 12.8. The van der Waals surface area contributed by atoms with Crippen LogP contribution in [-0.4, -0.2) is 42.9 Å². The lowest BCUT2D eigenvalue weighted by Gasteiger charge is -2.32. The van der Waals surface area contributed by atoms with E-state index in [1.165, 1.54) is 19.4 Å². The number of benzene rings is 1. The Balaban J connectivity index is 1.64. The monoisotopic (exact) mass is 292 g/mol. The minimum atomic E-state index is 0.319. The molecule has 118 valence electrons. The molecule has 1 aromatic rings. The first-order chi connectivity index (χ1) is 10.3. The fourth-order valence-electron chi connectivity index (χ4n) is 3.01. The highest BCUT2D eigenvalue weighted by Crippen LogP contribution is 2.19. The van der Waals surface area contributed by atoms with Crippen molar-refractivity contribution in [1.82, 2.24) is 4.90 Å². The van der Waals surface area contributed by atoms with Gasteiger partial charge in [0.15, 0.2) is 0 Å². The molecule has 0 amide bonds. The fourth-order valence-corrected chi connectivity index (χ4v) is 3.01. The van der Waals surface area contributed by atoms with Gasteiger partial charge in [0.2, 0.25) is 0 Å². The molecule has 2 rings (SSSR count). The van der Waals surface area contributed by atoms with Gasteiger partial charge in [-0.05, 0) is 55.8 Å². The lowest BCUT2D eigenvalue weighted by Crippen LogP contribution is -2.36. The SMILES string of the molecule is NCc1cccc(OCCCN2CCCC(CCO)C2)c1. The first-order valence-corrected chi connectivity index (χ1v) is 8.07. The molecular formula is C17H28N2O2. The number of nitrogens with two attached hydrogens (primary N) is 1. The van der Waals surface area contributed by atoms with Crippen molar-refractivity contribution in [3.63, 3.8) is 0 Å². The smallest absolute Gasteiger partial charge is 0.119 e. The Hall–Kier alpha value is -1.10. The van der Waals surface area contributed by atoms with Crippen LogP contribution in [0, 0.1) is 5.92 Å². The Labute approximate surface area is 127 Å². The summed E-state index contributed by atoms with van der Waals surface area (Å²) in [5.74, 6) is 1.58. The molecule has 0 bridgehead atoms. The van der Waals surface area contributed by atoms with Crippen molar-refractivity contribution < 1.29 is 9.84 Å². The molecule has 1 aliphatic rings. The number of piperidine rings is 1. The number of hydrogen-bond donors (Lipinski definition) is 2. The van der Waals surface area contributed by atoms with E-state index in [4.69, 9.17) is 15.6 Å². The topological polar surface area (TPSA) is 58.7 Å². The van der Waals surface area contributed by atoms with Crippen molar-refractivity contribution in [3.8, 4) is 5.75 Å². The van der Waals surface area contributed by atoms with Crippen LogP contribution in [-0.2, 0) is 6.54 Å². The van der Waals surface area contributed by atoms with Crippen LogP contribution in [0.1, 0.15) is 31.2 Å². The van der Waals surface area contributed by atoms with Crippen LogP contribution < -0.4 is 10.5 Å². The third kappa shape index (κ3) is 5.65. The van der Waals surface area contributed by atoms with Crippen LogP contribution in [0.25, 0.3) is 0 Å². The van der Waals surface area contributed by atoms with Gasteiger partial charge in [-0.1, -0.05) is 12.1 Å². The van der Waals surface area contributed by atoms with Gasteiger partial charge in [0, 0.05) is 26.2 Å². The molecule has 0 radical (unpaired) electrons. The summed E-state index contributed by atoms with van der Waals surface area (Å²) in [6.07, 6.45) is 4.50. The molecule has 0 spiro atoms. The molecule has 1 fully saturated rings. The molecule has 1 heterocycles. The number of rotatable bonds is 8. The van der Waals surface area contributed by atoms with Gasteiger partial charge >= 0.3 is 0 Å². The van der Waals surface area contributed by atoms with Crippen LogP contribution in [0.5, 0.6) is 5.75 Å². The van der Waals surface area contributed by atoms with Gasteiger partial charge in [-0.2, -0.15) is 0 Å². The normalized spacial score (nSPS) is 19.6. The number of hydrogen-bond acceptors (Lipinski definition) is 4. The van der Waals surface area contributed by atoms with Crippen LogP contribution >= 0.6 is 0 Å². The summed E-state index contributed by atoms with van der Waals surface area (Å²) in [6.45, 7) is 5.01. The van der Waals surface area contributed by atoms with Gasteiger partial charge in [0.25, 0.3) is 0 Å². The molecule has 21 heavy (non-hydrogen) atoms. The molecule has 1 unspecified atom stereocenters. The van der Waals surface area contributed by atoms with E-state index in [-0.39, 0.29) is 0 Å². The molecule has 3 N–H and O–H groups in total. The van der Waals surface area contributed by atoms with Gasteiger partial charge in [0.05, 0.1) is 6.61 Å². The zero-order valence-corrected chi connectivity index (χ0v) is 12.8. The average Bonchev–Trinajstić information content (AvgIpc) is 2.52. The maximum atomic E-state index is 9.04. The minimum absolute atomic E-state index is 0.319. The van der Waals surface area contributed by atoms with E-state index in [0.29, 0.717) is 19.1 Å². The summed E-state index contributed by atoms with van der Waals surface area (Å²) in [4.78, 5) is 2.50. The van der Waals surface area contributed by atoms with Crippen molar-refractivity contribution >= 4 is 0 Å². The first kappa shape index (κ1) is 16.3. The van der Waals surface area contributed by atoms with Crippen molar-refractivity contribution in [2.24, 2.45) is 11.7 Å². The van der Waals surface area contributed by atoms with Gasteiger partial charge < -0.3 is 20.5 Å². The second kappa shape index (κ2) is 9.03. The van der Waals surface area contributed by atoms with Crippen LogP contribution in [0.2, 0.25) is 0 Å². The third-order valence-electron chi connectivity index (χ3n) is 4.16. The Morgan fingerprint density at radius 2 is 2.29 bits per heavy atom. The minimum Gasteiger partial charge on any atom is -0.494 e. The molecule has 1 aliphatic heterocycles. The lowest BCUT2D eigenvalue weighted by atomic mass is 9.95. The highest BCUT2D eigenvalue weighted by Gasteiger charge is 2.18. The lowest BCUT2D eigenvalue weighted by molar-refractivity contribution is 0.140. The summed E-state index contributed by atoms with van der Waals surface area (Å²) >= 11 is 0. The van der Waals surface area contributed by atoms with E-state index in [1.807, 2.05) is 24.3 Å². The van der Waals surface area contributed by atoms with E-state index in [1.54, 1.807) is 0 Å². The molecule has 4 nitrogen and oxygen atoms in total. The van der Waals surface area contributed by atoms with E-state index >= 15 is 0 Å². The molecule has 1 atom stereocenters. The molecule has 1 aromatic carbocycles. The van der Waals surface area contributed by atoms with Crippen LogP contribution in [0.4, 0.5) is 0 Å². The Kier molecular flexibility index (Phi) is 7.00. The molecule has 0 aromatic heterocycles. The third-order valence-corrected chi connectivity index (χ3v) is 4.16. The number of ether oxygens (including phenoxy) is 1. The predicted molar refractivity (Wildman–Crippen MR) is 85.3 cm³/mol. The molecule has 1 saturated heterocycles. The second-order valence-electron chi connectivity index (χ2n) is 5.87. The van der Waals surface area contributed by atoms with E-state index in [9.17, 15) is 0 Å². The number of likely N-dealkylation sites (tertiary alicyclic amines) is 1. The van der Waals surface area contributed by atoms with Crippen LogP contribution in [0.15, 0.2) is 24.3 Å². The number of nitrogens with zero attached hydrogens (tertiary/aromatic N) is 1. The predicted octanol–water partition coefficient (Wildman–Crippen LogP) is 2.01. The molecule has 0 aliphatic carbocycles. The maximum Gasteiger partial charge on any atom is 0.119 e. The number of aliphatic hydroxyl groups is 1. The largest absolute Gasteiger partial charge is 0.494 e. The van der Waals surface area contributed by atoms with Gasteiger partial charge in [-0.3, -0.25) is 0 Å². The summed E-state index contributed by atoms with van der Waals surface area (Å²) in [6, 6.07) is 8.00. The Morgan fingerprint density at radius 1 is 1.38 bits per heavy atom. The second-order valence-corrected chi connectivity index (χ2v) is 5.87. The molecule has 0 saturated carbocycles. The first-order valence-electron chi connectivity index (χ1n) is 8.07. The highest BCUT2D eigenvalue weighted by molar-refractivity contribution is 5.28. The maximum absolute atomic E-state index is 9.04. The zero-order chi connectivity index (χ0) is 14.9. The molecule has 4 heteroatoms. The van der Waals surface area contributed by atoms with Gasteiger partial charge in [0.1, 0.15) is 5.75 Å². The standard InChI is InChI=1S/C17H28N2O2/c18-13-16-4-1-6-17(12-16)21-11-3-9-19-8-2-5-15(14-19)7-10-20/h1,4,6,12,15,20H,2-3,5,7-11,13-14,18H2. The summed E-state index contributed by atoms with van der Waals surface area (Å²) in [7, 11) is 0. The fraction of sp³-hybridized carbons (Fsp3) is 0.647. The highest BCUT2D eigenvalue weighted by atomic mass is 16.5. The Morgan fingerprint density at radius 3 is 3.10 bits per heavy atom. The quantitative estimate of drug-likeness (QED) is 0.720. The average molecular weight is 292 g/mol. The van der Waals surface area contributed by atoms with Crippen molar-refractivity contribution in [2.45, 2.75) is 32.2 Å². The van der Waals surface area contributed by atoms with Gasteiger partial charge in [-0.25, -0.2) is 0 Å².